The molecule has 5 atom stereocenters. The van der Waals surface area contributed by atoms with Crippen molar-refractivity contribution in [1.29, 1.82) is 0 Å². The molecule has 16 nitrogen and oxygen atoms in total. The minimum atomic E-state index is -1.33. The number of thiol groups is 1. The first-order valence-electron chi connectivity index (χ1n) is 15.9. The number of carbonyl (C=O) groups excluding carboxylic acids is 5. The van der Waals surface area contributed by atoms with Crippen LogP contribution in [0.2, 0.25) is 0 Å². The number of H-pyrrole nitrogens is 1. The van der Waals surface area contributed by atoms with E-state index in [4.69, 9.17) is 10.8 Å². The van der Waals surface area contributed by atoms with Crippen molar-refractivity contribution in [3.8, 4) is 0 Å². The first-order chi connectivity index (χ1) is 23.1. The summed E-state index contributed by atoms with van der Waals surface area (Å²) in [5, 5.41) is 32.0. The highest BCUT2D eigenvalue weighted by Crippen LogP contribution is 2.20. The highest BCUT2D eigenvalue weighted by Gasteiger charge is 2.34. The number of fused-ring (bicyclic) bond motifs is 1. The van der Waals surface area contributed by atoms with Crippen molar-refractivity contribution in [2.45, 2.75) is 83.6 Å². The highest BCUT2D eigenvalue weighted by atomic mass is 32.1. The van der Waals surface area contributed by atoms with E-state index in [9.17, 15) is 38.7 Å². The van der Waals surface area contributed by atoms with E-state index in [1.54, 1.807) is 33.9 Å². The van der Waals surface area contributed by atoms with E-state index in [1.165, 1.54) is 0 Å². The molecular formula is C32H47N7O9S. The molecule has 0 aliphatic heterocycles. The molecule has 0 bridgehead atoms. The Morgan fingerprint density at radius 2 is 1.39 bits per heavy atom. The molecule has 0 aliphatic rings. The Kier molecular flexibility index (Phi) is 16.0. The van der Waals surface area contributed by atoms with E-state index >= 15 is 0 Å². The van der Waals surface area contributed by atoms with Gasteiger partial charge in [0.2, 0.25) is 29.5 Å². The number of nitrogens with two attached hydrogens (primary N) is 1. The number of carboxylic acids is 2. The normalized spacial score (nSPS) is 14.3. The smallest absolute Gasteiger partial charge is 0.327 e. The van der Waals surface area contributed by atoms with Gasteiger partial charge in [-0.2, -0.15) is 12.6 Å². The predicted octanol–water partition coefficient (Wildman–Crippen LogP) is -0.326. The lowest BCUT2D eigenvalue weighted by Crippen LogP contribution is -2.60. The van der Waals surface area contributed by atoms with Crippen LogP contribution in [0.1, 0.15) is 52.5 Å². The highest BCUT2D eigenvalue weighted by molar-refractivity contribution is 7.80. The molecule has 0 radical (unpaired) electrons. The van der Waals surface area contributed by atoms with Crippen LogP contribution >= 0.6 is 12.6 Å². The summed E-state index contributed by atoms with van der Waals surface area (Å²) in [5.41, 5.74) is 6.81. The average molecular weight is 706 g/mol. The molecule has 0 saturated carbocycles. The predicted molar refractivity (Wildman–Crippen MR) is 183 cm³/mol. The zero-order valence-electron chi connectivity index (χ0n) is 27.9. The van der Waals surface area contributed by atoms with Crippen LogP contribution in [0.3, 0.4) is 0 Å². The summed E-state index contributed by atoms with van der Waals surface area (Å²) in [6.07, 6.45) is 1.11. The van der Waals surface area contributed by atoms with Crippen LogP contribution in [0.5, 0.6) is 0 Å². The molecule has 2 aromatic rings. The van der Waals surface area contributed by atoms with Gasteiger partial charge in [0.15, 0.2) is 0 Å². The minimum Gasteiger partial charge on any atom is -0.481 e. The van der Waals surface area contributed by atoms with Gasteiger partial charge in [-0.1, -0.05) is 45.9 Å². The SMILES string of the molecule is CC(C)C[C@H](NC(=O)[C@H](CCC(=O)O)NC(=O)CN)C(=O)N[C@H](C(=O)N[C@@H](Cc1c[nH]c2ccccc12)C(=O)N[C@@H](CS)C(=O)O)C(C)C. The van der Waals surface area contributed by atoms with Gasteiger partial charge >= 0.3 is 11.9 Å². The van der Waals surface area contributed by atoms with Gasteiger partial charge in [-0.15, -0.1) is 0 Å². The lowest BCUT2D eigenvalue weighted by Gasteiger charge is -2.29. The van der Waals surface area contributed by atoms with Crippen LogP contribution < -0.4 is 32.3 Å². The quantitative estimate of drug-likeness (QED) is 0.0803. The second kappa shape index (κ2) is 19.4. The molecule has 0 unspecified atom stereocenters. The number of hydrogen-bond donors (Lipinski definition) is 10. The van der Waals surface area contributed by atoms with Gasteiger partial charge < -0.3 is 47.5 Å². The summed E-state index contributed by atoms with van der Waals surface area (Å²) in [4.78, 5) is 91.7. The Balaban J connectivity index is 2.33. The van der Waals surface area contributed by atoms with Crippen LogP contribution in [0, 0.1) is 11.8 Å². The largest absolute Gasteiger partial charge is 0.481 e. The number of aliphatic carboxylic acids is 2. The van der Waals surface area contributed by atoms with Crippen molar-refractivity contribution in [2.75, 3.05) is 12.3 Å². The summed E-state index contributed by atoms with van der Waals surface area (Å²) in [5.74, 6) is -7.04. The van der Waals surface area contributed by atoms with Crippen molar-refractivity contribution >= 4 is 65.0 Å². The Bertz CT molecular complexity index is 1500. The third kappa shape index (κ3) is 12.7. The van der Waals surface area contributed by atoms with E-state index in [-0.39, 0.29) is 30.9 Å². The minimum absolute atomic E-state index is 0.0163. The lowest BCUT2D eigenvalue weighted by atomic mass is 9.98. The standard InChI is InChI=1S/C32H47N7O9S/c1-16(2)11-22(36-28(43)21(9-10-26(41)42)35-25(40)13-33)30(45)39-27(17(3)4)31(46)37-23(29(44)38-24(15-49)32(47)48)12-18-14-34-20-8-6-5-7-19(18)20/h5-8,14,16-17,21-24,27,34,49H,9-13,15,33H2,1-4H3,(H,35,40)(H,36,43)(H,37,46)(H,38,44)(H,39,45)(H,41,42)(H,47,48)/t21-,22-,23-,24-,27-/m0/s1. The maximum Gasteiger partial charge on any atom is 0.327 e. The fraction of sp³-hybridized carbons (Fsp3) is 0.531. The van der Waals surface area contributed by atoms with Crippen LogP contribution in [0.25, 0.3) is 10.9 Å². The molecule has 0 fully saturated rings. The number of amides is 5. The molecule has 2 rings (SSSR count). The molecule has 49 heavy (non-hydrogen) atoms. The van der Waals surface area contributed by atoms with E-state index in [0.717, 1.165) is 10.9 Å². The van der Waals surface area contributed by atoms with Gasteiger partial charge in [-0.3, -0.25) is 28.8 Å². The topological polar surface area (TPSA) is 262 Å². The van der Waals surface area contributed by atoms with Gasteiger partial charge in [0.05, 0.1) is 6.54 Å². The molecular weight excluding hydrogens is 658 g/mol. The van der Waals surface area contributed by atoms with E-state index in [2.05, 4.69) is 44.2 Å². The number of hydrogen-bond acceptors (Lipinski definition) is 9. The van der Waals surface area contributed by atoms with Crippen LogP contribution in [0.4, 0.5) is 0 Å². The van der Waals surface area contributed by atoms with Gasteiger partial charge in [0.1, 0.15) is 30.2 Å². The van der Waals surface area contributed by atoms with Crippen molar-refractivity contribution in [3.05, 3.63) is 36.0 Å². The van der Waals surface area contributed by atoms with E-state index < -0.39 is 90.6 Å². The van der Waals surface area contributed by atoms with Crippen molar-refractivity contribution in [3.63, 3.8) is 0 Å². The van der Waals surface area contributed by atoms with E-state index in [0.29, 0.717) is 5.56 Å². The molecule has 10 N–H and O–H groups in total. The third-order valence-corrected chi connectivity index (χ3v) is 7.97. The Morgan fingerprint density at radius 1 is 0.796 bits per heavy atom. The van der Waals surface area contributed by atoms with Gasteiger partial charge in [0.25, 0.3) is 0 Å². The second-order valence-corrected chi connectivity index (χ2v) is 12.7. The summed E-state index contributed by atoms with van der Waals surface area (Å²) in [6, 6.07) is 1.08. The molecule has 0 aliphatic carbocycles. The number of rotatable bonds is 20. The molecule has 1 heterocycles. The number of aromatic nitrogens is 1. The van der Waals surface area contributed by atoms with Crippen molar-refractivity contribution < 1.29 is 43.8 Å². The first kappa shape index (κ1) is 40.5. The lowest BCUT2D eigenvalue weighted by molar-refractivity contribution is -0.141. The second-order valence-electron chi connectivity index (χ2n) is 12.4. The average Bonchev–Trinajstić information content (AvgIpc) is 3.45. The number of para-hydroxylation sites is 1. The molecule has 270 valence electrons. The number of carbonyl (C=O) groups is 7. The van der Waals surface area contributed by atoms with Crippen molar-refractivity contribution in [1.82, 2.24) is 31.6 Å². The van der Waals surface area contributed by atoms with E-state index in [1.807, 2.05) is 24.3 Å². The monoisotopic (exact) mass is 705 g/mol. The molecule has 5 amide bonds. The summed E-state index contributed by atoms with van der Waals surface area (Å²) < 4.78 is 0. The molecule has 1 aromatic carbocycles. The third-order valence-electron chi connectivity index (χ3n) is 7.60. The number of benzene rings is 1. The van der Waals surface area contributed by atoms with Crippen LogP contribution in [-0.2, 0) is 40.0 Å². The number of aromatic amines is 1. The van der Waals surface area contributed by atoms with Crippen LogP contribution in [-0.4, -0.2) is 99.2 Å². The Hall–Kier alpha value is -4.64. The Labute approximate surface area is 289 Å². The molecule has 1 aromatic heterocycles. The number of carboxylic acid groups (broad SMARTS) is 2. The fourth-order valence-corrected chi connectivity index (χ4v) is 5.25. The molecule has 0 spiro atoms. The van der Waals surface area contributed by atoms with Gasteiger partial charge in [-0.05, 0) is 36.3 Å². The molecule has 0 saturated heterocycles. The van der Waals surface area contributed by atoms with Crippen LogP contribution in [0.15, 0.2) is 30.5 Å². The maximum absolute atomic E-state index is 13.7. The first-order valence-corrected chi connectivity index (χ1v) is 16.5. The van der Waals surface area contributed by atoms with Crippen molar-refractivity contribution in [2.24, 2.45) is 17.6 Å². The Morgan fingerprint density at radius 3 is 1.96 bits per heavy atom. The van der Waals surface area contributed by atoms with Gasteiger partial charge in [0, 0.05) is 35.7 Å². The summed E-state index contributed by atoms with van der Waals surface area (Å²) >= 11 is 4.01. The summed E-state index contributed by atoms with van der Waals surface area (Å²) in [6.45, 7) is 6.51. The summed E-state index contributed by atoms with van der Waals surface area (Å²) in [7, 11) is 0. The zero-order chi connectivity index (χ0) is 36.8. The molecule has 17 heteroatoms. The number of nitrogens with one attached hydrogen (secondary N) is 6. The zero-order valence-corrected chi connectivity index (χ0v) is 28.8. The van der Waals surface area contributed by atoms with Gasteiger partial charge in [-0.25, -0.2) is 4.79 Å². The maximum atomic E-state index is 13.7. The fourth-order valence-electron chi connectivity index (χ4n) is 5.00.